The van der Waals surface area contributed by atoms with Gasteiger partial charge in [0.1, 0.15) is 0 Å². The van der Waals surface area contributed by atoms with Crippen molar-refractivity contribution in [1.82, 2.24) is 5.32 Å². The molecule has 1 saturated carbocycles. The first kappa shape index (κ1) is 15.8. The zero-order chi connectivity index (χ0) is 15.2. The number of hydrogen-bond donors (Lipinski definition) is 2. The van der Waals surface area contributed by atoms with Crippen LogP contribution in [0.3, 0.4) is 0 Å². The molecule has 2 unspecified atom stereocenters. The number of anilines is 1. The van der Waals surface area contributed by atoms with Gasteiger partial charge in [-0.25, -0.2) is 0 Å². The summed E-state index contributed by atoms with van der Waals surface area (Å²) in [6.07, 6.45) is 4.69. The molecule has 0 aromatic heterocycles. The van der Waals surface area contributed by atoms with Gasteiger partial charge in [0, 0.05) is 26.2 Å². The van der Waals surface area contributed by atoms with E-state index in [2.05, 4.69) is 34.5 Å². The Morgan fingerprint density at radius 3 is 2.52 bits per heavy atom. The number of hydrogen-bond acceptors (Lipinski definition) is 3. The van der Waals surface area contributed by atoms with Crippen molar-refractivity contribution in [3.63, 3.8) is 0 Å². The minimum absolute atomic E-state index is 0.0395. The summed E-state index contributed by atoms with van der Waals surface area (Å²) in [7, 11) is 4.02. The van der Waals surface area contributed by atoms with Crippen molar-refractivity contribution in [2.45, 2.75) is 50.7 Å². The number of carbonyl (C=O) groups is 1. The van der Waals surface area contributed by atoms with Gasteiger partial charge in [-0.05, 0) is 37.0 Å². The second kappa shape index (κ2) is 7.46. The van der Waals surface area contributed by atoms with Gasteiger partial charge >= 0.3 is 0 Å². The summed E-state index contributed by atoms with van der Waals surface area (Å²) in [5.41, 5.74) is 2.33. The van der Waals surface area contributed by atoms with E-state index < -0.39 is 0 Å². The van der Waals surface area contributed by atoms with Crippen molar-refractivity contribution in [2.24, 2.45) is 0 Å². The number of aryl methyl sites for hydroxylation is 1. The third kappa shape index (κ3) is 4.74. The predicted molar refractivity (Wildman–Crippen MR) is 85.5 cm³/mol. The number of rotatable bonds is 5. The molecule has 116 valence electrons. The summed E-state index contributed by atoms with van der Waals surface area (Å²) >= 11 is 0. The Balaban J connectivity index is 1.78. The van der Waals surface area contributed by atoms with Crippen LogP contribution in [0, 0.1) is 0 Å². The number of carbonyl (C=O) groups excluding carboxylic acids is 1. The van der Waals surface area contributed by atoms with Crippen LogP contribution in [0.1, 0.15) is 37.7 Å². The van der Waals surface area contributed by atoms with Crippen molar-refractivity contribution in [1.29, 1.82) is 0 Å². The highest BCUT2D eigenvalue weighted by molar-refractivity contribution is 5.76. The van der Waals surface area contributed by atoms with Crippen molar-refractivity contribution in [3.05, 3.63) is 29.8 Å². The molecule has 4 heteroatoms. The molecular weight excluding hydrogens is 264 g/mol. The molecule has 2 rings (SSSR count). The molecule has 21 heavy (non-hydrogen) atoms. The SMILES string of the molecule is CN(C)c1ccc(CCC(=O)NC2CCCCC2O)cc1. The number of amides is 1. The lowest BCUT2D eigenvalue weighted by Gasteiger charge is -2.28. The quantitative estimate of drug-likeness (QED) is 0.873. The molecule has 1 aliphatic rings. The van der Waals surface area contributed by atoms with Crippen molar-refractivity contribution in [3.8, 4) is 0 Å². The third-order valence-electron chi connectivity index (χ3n) is 4.17. The lowest BCUT2D eigenvalue weighted by molar-refractivity contribution is -0.123. The van der Waals surface area contributed by atoms with E-state index in [4.69, 9.17) is 0 Å². The van der Waals surface area contributed by atoms with Crippen molar-refractivity contribution >= 4 is 11.6 Å². The molecule has 1 fully saturated rings. The monoisotopic (exact) mass is 290 g/mol. The fourth-order valence-corrected chi connectivity index (χ4v) is 2.78. The maximum Gasteiger partial charge on any atom is 0.220 e. The Hall–Kier alpha value is -1.55. The summed E-state index contributed by atoms with van der Waals surface area (Å²) in [5, 5.41) is 12.8. The molecule has 0 saturated heterocycles. The Morgan fingerprint density at radius 1 is 1.24 bits per heavy atom. The van der Waals surface area contributed by atoms with E-state index in [0.29, 0.717) is 6.42 Å². The minimum Gasteiger partial charge on any atom is -0.391 e. The highest BCUT2D eigenvalue weighted by Gasteiger charge is 2.24. The van der Waals surface area contributed by atoms with Gasteiger partial charge < -0.3 is 15.3 Å². The van der Waals surface area contributed by atoms with E-state index >= 15 is 0 Å². The van der Waals surface area contributed by atoms with Crippen LogP contribution in [0.4, 0.5) is 5.69 Å². The van der Waals surface area contributed by atoms with Gasteiger partial charge in [-0.2, -0.15) is 0 Å². The third-order valence-corrected chi connectivity index (χ3v) is 4.17. The van der Waals surface area contributed by atoms with Gasteiger partial charge in [-0.15, -0.1) is 0 Å². The average molecular weight is 290 g/mol. The molecule has 1 aromatic carbocycles. The van der Waals surface area contributed by atoms with Crippen LogP contribution < -0.4 is 10.2 Å². The van der Waals surface area contributed by atoms with E-state index in [-0.39, 0.29) is 18.1 Å². The molecule has 0 bridgehead atoms. The zero-order valence-electron chi connectivity index (χ0n) is 13.0. The summed E-state index contributed by atoms with van der Waals surface area (Å²) in [5.74, 6) is 0.0395. The largest absolute Gasteiger partial charge is 0.391 e. The highest BCUT2D eigenvalue weighted by atomic mass is 16.3. The Morgan fingerprint density at radius 2 is 1.90 bits per heavy atom. The van der Waals surface area contributed by atoms with Crippen LogP contribution in [0.25, 0.3) is 0 Å². The van der Waals surface area contributed by atoms with E-state index in [1.54, 1.807) is 0 Å². The summed E-state index contributed by atoms with van der Waals surface area (Å²) < 4.78 is 0. The first-order chi connectivity index (χ1) is 10.1. The second-order valence-electron chi connectivity index (χ2n) is 6.09. The summed E-state index contributed by atoms with van der Waals surface area (Å²) in [4.78, 5) is 14.0. The Kier molecular flexibility index (Phi) is 5.62. The molecule has 1 aliphatic carbocycles. The Bertz CT molecular complexity index is 456. The van der Waals surface area contributed by atoms with Gasteiger partial charge in [0.2, 0.25) is 5.91 Å². The predicted octanol–water partition coefficient (Wildman–Crippen LogP) is 2.10. The van der Waals surface area contributed by atoms with Crippen LogP contribution in [-0.4, -0.2) is 37.3 Å². The van der Waals surface area contributed by atoms with Crippen LogP contribution in [0.5, 0.6) is 0 Å². The highest BCUT2D eigenvalue weighted by Crippen LogP contribution is 2.18. The van der Waals surface area contributed by atoms with E-state index in [1.165, 1.54) is 5.56 Å². The summed E-state index contributed by atoms with van der Waals surface area (Å²) in [6.45, 7) is 0. The topological polar surface area (TPSA) is 52.6 Å². The molecule has 2 atom stereocenters. The van der Waals surface area contributed by atoms with Crippen LogP contribution in [0.2, 0.25) is 0 Å². The second-order valence-corrected chi connectivity index (χ2v) is 6.09. The molecule has 1 amide bonds. The molecule has 0 heterocycles. The van der Waals surface area contributed by atoms with Crippen LogP contribution >= 0.6 is 0 Å². The van der Waals surface area contributed by atoms with Crippen LogP contribution in [0.15, 0.2) is 24.3 Å². The molecule has 1 aromatic rings. The number of nitrogens with zero attached hydrogens (tertiary/aromatic N) is 1. The van der Waals surface area contributed by atoms with E-state index in [0.717, 1.165) is 37.8 Å². The normalized spacial score (nSPS) is 21.9. The van der Waals surface area contributed by atoms with Crippen molar-refractivity contribution < 1.29 is 9.90 Å². The average Bonchev–Trinajstić information content (AvgIpc) is 2.48. The van der Waals surface area contributed by atoms with E-state index in [1.807, 2.05) is 14.1 Å². The lowest BCUT2D eigenvalue weighted by Crippen LogP contribution is -2.45. The molecule has 2 N–H and O–H groups in total. The number of aliphatic hydroxyl groups is 1. The Labute approximate surface area is 127 Å². The first-order valence-corrected chi connectivity index (χ1v) is 7.80. The molecular formula is C17H26N2O2. The minimum atomic E-state index is -0.373. The first-order valence-electron chi connectivity index (χ1n) is 7.80. The number of aliphatic hydroxyl groups excluding tert-OH is 1. The van der Waals surface area contributed by atoms with Gasteiger partial charge in [0.15, 0.2) is 0 Å². The molecule has 4 nitrogen and oxygen atoms in total. The number of benzene rings is 1. The van der Waals surface area contributed by atoms with Crippen molar-refractivity contribution in [2.75, 3.05) is 19.0 Å². The summed E-state index contributed by atoms with van der Waals surface area (Å²) in [6, 6.07) is 8.22. The lowest BCUT2D eigenvalue weighted by atomic mass is 9.92. The van der Waals surface area contributed by atoms with Gasteiger partial charge in [-0.1, -0.05) is 25.0 Å². The maximum atomic E-state index is 12.0. The standard InChI is InChI=1S/C17H26N2O2/c1-19(2)14-10-7-13(8-11-14)9-12-17(21)18-15-5-3-4-6-16(15)20/h7-8,10-11,15-16,20H,3-6,9,12H2,1-2H3,(H,18,21). The maximum absolute atomic E-state index is 12.0. The number of nitrogens with one attached hydrogen (secondary N) is 1. The fourth-order valence-electron chi connectivity index (χ4n) is 2.78. The van der Waals surface area contributed by atoms with Gasteiger partial charge in [-0.3, -0.25) is 4.79 Å². The van der Waals surface area contributed by atoms with Gasteiger partial charge in [0.25, 0.3) is 0 Å². The van der Waals surface area contributed by atoms with Gasteiger partial charge in [0.05, 0.1) is 12.1 Å². The zero-order valence-corrected chi connectivity index (χ0v) is 13.0. The van der Waals surface area contributed by atoms with E-state index in [9.17, 15) is 9.90 Å². The molecule has 0 radical (unpaired) electrons. The smallest absolute Gasteiger partial charge is 0.220 e. The molecule has 0 spiro atoms. The molecule has 0 aliphatic heterocycles. The van der Waals surface area contributed by atoms with Crippen LogP contribution in [-0.2, 0) is 11.2 Å². The fraction of sp³-hybridized carbons (Fsp3) is 0.588.